The molecule has 0 radical (unpaired) electrons. The highest BCUT2D eigenvalue weighted by Gasteiger charge is 2.13. The summed E-state index contributed by atoms with van der Waals surface area (Å²) in [6.45, 7) is 3.09. The Balaban J connectivity index is 1.75. The van der Waals surface area contributed by atoms with Crippen LogP contribution in [0.5, 0.6) is 5.75 Å². The highest BCUT2D eigenvalue weighted by molar-refractivity contribution is 5.70. The number of ether oxygens (including phenoxy) is 1. The van der Waals surface area contributed by atoms with E-state index in [0.717, 1.165) is 25.4 Å². The monoisotopic (exact) mass is 310 g/mol. The van der Waals surface area contributed by atoms with Gasteiger partial charge in [0.25, 0.3) is 0 Å². The fraction of sp³-hybridized carbons (Fsp3) is 0.400. The molecule has 2 aromatic rings. The van der Waals surface area contributed by atoms with Crippen LogP contribution in [-0.4, -0.2) is 20.2 Å². The van der Waals surface area contributed by atoms with E-state index in [0.29, 0.717) is 0 Å². The molecule has 1 fully saturated rings. The summed E-state index contributed by atoms with van der Waals surface area (Å²) in [6, 6.07) is 16.8. The summed E-state index contributed by atoms with van der Waals surface area (Å²) in [5.41, 5.74) is 3.71. The smallest absolute Gasteiger partial charge is 0.123 e. The molecule has 0 amide bonds. The summed E-state index contributed by atoms with van der Waals surface area (Å²) in [5, 5.41) is 3.60. The van der Waals surface area contributed by atoms with Gasteiger partial charge in [-0.1, -0.05) is 43.2 Å². The predicted octanol–water partition coefficient (Wildman–Crippen LogP) is 4.69. The molecule has 1 N–H and O–H groups in total. The quantitative estimate of drug-likeness (QED) is 0.867. The first-order chi connectivity index (χ1) is 11.4. The Hall–Kier alpha value is -2.16. The highest BCUT2D eigenvalue weighted by Crippen LogP contribution is 2.29. The van der Waals surface area contributed by atoms with Crippen LogP contribution in [0.3, 0.4) is 0 Å². The van der Waals surface area contributed by atoms with Crippen molar-refractivity contribution in [2.24, 2.45) is 0 Å². The molecule has 1 saturated heterocycles. The lowest BCUT2D eigenvalue weighted by Gasteiger charge is -2.26. The number of rotatable bonds is 5. The van der Waals surface area contributed by atoms with Crippen molar-refractivity contribution in [3.8, 4) is 5.75 Å². The zero-order valence-electron chi connectivity index (χ0n) is 13.9. The van der Waals surface area contributed by atoms with Gasteiger partial charge in [-0.15, -0.1) is 0 Å². The number of nitrogens with zero attached hydrogens (tertiary/aromatic N) is 1. The summed E-state index contributed by atoms with van der Waals surface area (Å²) in [4.78, 5) is 2.53. The van der Waals surface area contributed by atoms with Gasteiger partial charge in [0.2, 0.25) is 0 Å². The second-order valence-corrected chi connectivity index (χ2v) is 6.08. The van der Waals surface area contributed by atoms with Crippen molar-refractivity contribution < 1.29 is 4.74 Å². The normalized spacial score (nSPS) is 15.1. The first-order valence-corrected chi connectivity index (χ1v) is 8.58. The molecular formula is C20H26N2O. The van der Waals surface area contributed by atoms with Crippen molar-refractivity contribution in [3.63, 3.8) is 0 Å². The molecule has 0 unspecified atom stereocenters. The van der Waals surface area contributed by atoms with Crippen LogP contribution in [0.2, 0.25) is 0 Å². The van der Waals surface area contributed by atoms with E-state index in [1.807, 2.05) is 12.1 Å². The van der Waals surface area contributed by atoms with Crippen molar-refractivity contribution >= 4 is 11.4 Å². The van der Waals surface area contributed by atoms with Crippen molar-refractivity contribution in [1.82, 2.24) is 0 Å². The summed E-state index contributed by atoms with van der Waals surface area (Å²) in [6.07, 6.45) is 5.29. The van der Waals surface area contributed by atoms with E-state index >= 15 is 0 Å². The van der Waals surface area contributed by atoms with E-state index in [9.17, 15) is 0 Å². The predicted molar refractivity (Wildman–Crippen MR) is 97.4 cm³/mol. The van der Waals surface area contributed by atoms with Gasteiger partial charge in [-0.2, -0.15) is 0 Å². The van der Waals surface area contributed by atoms with Crippen molar-refractivity contribution in [1.29, 1.82) is 0 Å². The van der Waals surface area contributed by atoms with Gasteiger partial charge in [-0.05, 0) is 31.0 Å². The molecule has 0 aliphatic carbocycles. The third kappa shape index (κ3) is 3.98. The minimum Gasteiger partial charge on any atom is -0.496 e. The number of benzene rings is 2. The maximum atomic E-state index is 5.45. The molecule has 0 bridgehead atoms. The first kappa shape index (κ1) is 15.7. The van der Waals surface area contributed by atoms with Gasteiger partial charge in [-0.25, -0.2) is 0 Å². The van der Waals surface area contributed by atoms with Crippen molar-refractivity contribution in [2.45, 2.75) is 32.2 Å². The molecule has 1 aliphatic heterocycles. The average Bonchev–Trinajstić information content (AvgIpc) is 2.90. The summed E-state index contributed by atoms with van der Waals surface area (Å²) < 4.78 is 5.45. The zero-order chi connectivity index (χ0) is 15.9. The largest absolute Gasteiger partial charge is 0.496 e. The summed E-state index contributed by atoms with van der Waals surface area (Å²) in [7, 11) is 1.73. The lowest BCUT2D eigenvalue weighted by molar-refractivity contribution is 0.410. The van der Waals surface area contributed by atoms with Crippen LogP contribution in [0, 0.1) is 0 Å². The van der Waals surface area contributed by atoms with E-state index in [2.05, 4.69) is 46.6 Å². The Morgan fingerprint density at radius 2 is 1.61 bits per heavy atom. The Morgan fingerprint density at radius 3 is 2.39 bits per heavy atom. The van der Waals surface area contributed by atoms with Crippen LogP contribution in [0.4, 0.5) is 11.4 Å². The lowest BCUT2D eigenvalue weighted by Crippen LogP contribution is -2.24. The third-order valence-electron chi connectivity index (χ3n) is 4.51. The van der Waals surface area contributed by atoms with E-state index in [1.54, 1.807) is 7.11 Å². The molecule has 0 aromatic heterocycles. The minimum absolute atomic E-state index is 0.773. The number of para-hydroxylation sites is 3. The topological polar surface area (TPSA) is 24.5 Å². The third-order valence-corrected chi connectivity index (χ3v) is 4.51. The fourth-order valence-corrected chi connectivity index (χ4v) is 3.25. The first-order valence-electron chi connectivity index (χ1n) is 8.58. The lowest BCUT2D eigenvalue weighted by atomic mass is 10.2. The van der Waals surface area contributed by atoms with Crippen LogP contribution >= 0.6 is 0 Å². The number of nitrogens with one attached hydrogen (secondary N) is 1. The molecule has 23 heavy (non-hydrogen) atoms. The molecule has 1 heterocycles. The number of hydrogen-bond acceptors (Lipinski definition) is 3. The van der Waals surface area contributed by atoms with Crippen LogP contribution in [0.25, 0.3) is 0 Å². The standard InChI is InChI=1S/C20H26N2O/c1-23-20-13-7-4-10-17(20)16-21-18-11-5-6-12-19(18)22-14-8-2-3-9-15-22/h4-7,10-13,21H,2-3,8-9,14-16H2,1H3. The SMILES string of the molecule is COc1ccccc1CNc1ccccc1N1CCCCCC1. The number of methoxy groups -OCH3 is 1. The van der Waals surface area contributed by atoms with Crippen LogP contribution in [0.1, 0.15) is 31.2 Å². The van der Waals surface area contributed by atoms with Gasteiger partial charge >= 0.3 is 0 Å². The fourth-order valence-electron chi connectivity index (χ4n) is 3.25. The molecule has 1 aliphatic rings. The molecule has 3 nitrogen and oxygen atoms in total. The van der Waals surface area contributed by atoms with E-state index in [4.69, 9.17) is 4.74 Å². The van der Waals surface area contributed by atoms with E-state index < -0.39 is 0 Å². The van der Waals surface area contributed by atoms with Gasteiger partial charge in [0, 0.05) is 25.2 Å². The minimum atomic E-state index is 0.773. The Labute approximate surface area is 139 Å². The average molecular weight is 310 g/mol. The Kier molecular flexibility index (Phi) is 5.41. The Morgan fingerprint density at radius 1 is 0.913 bits per heavy atom. The Bertz CT molecular complexity index is 619. The zero-order valence-corrected chi connectivity index (χ0v) is 13.9. The number of hydrogen-bond donors (Lipinski definition) is 1. The molecular weight excluding hydrogens is 284 g/mol. The molecule has 3 rings (SSSR count). The summed E-state index contributed by atoms with van der Waals surface area (Å²) in [5.74, 6) is 0.937. The second kappa shape index (κ2) is 7.91. The van der Waals surface area contributed by atoms with Crippen LogP contribution in [0.15, 0.2) is 48.5 Å². The van der Waals surface area contributed by atoms with Crippen molar-refractivity contribution in [2.75, 3.05) is 30.4 Å². The number of anilines is 2. The molecule has 0 saturated carbocycles. The maximum absolute atomic E-state index is 5.45. The maximum Gasteiger partial charge on any atom is 0.123 e. The van der Waals surface area contributed by atoms with Gasteiger partial charge in [-0.3, -0.25) is 0 Å². The molecule has 0 spiro atoms. The molecule has 122 valence electrons. The van der Waals surface area contributed by atoms with Crippen LogP contribution in [-0.2, 0) is 6.54 Å². The van der Waals surface area contributed by atoms with E-state index in [-0.39, 0.29) is 0 Å². The van der Waals surface area contributed by atoms with Gasteiger partial charge in [0.1, 0.15) is 5.75 Å². The van der Waals surface area contributed by atoms with Gasteiger partial charge in [0.15, 0.2) is 0 Å². The second-order valence-electron chi connectivity index (χ2n) is 6.08. The molecule has 3 heteroatoms. The van der Waals surface area contributed by atoms with Gasteiger partial charge < -0.3 is 15.0 Å². The van der Waals surface area contributed by atoms with Crippen LogP contribution < -0.4 is 15.0 Å². The van der Waals surface area contributed by atoms with Gasteiger partial charge in [0.05, 0.1) is 18.5 Å². The van der Waals surface area contributed by atoms with E-state index in [1.165, 1.54) is 42.6 Å². The molecule has 2 aromatic carbocycles. The summed E-state index contributed by atoms with van der Waals surface area (Å²) >= 11 is 0. The van der Waals surface area contributed by atoms with Crippen molar-refractivity contribution in [3.05, 3.63) is 54.1 Å². The highest BCUT2D eigenvalue weighted by atomic mass is 16.5. The molecule has 0 atom stereocenters.